The molecule has 0 spiro atoms. The van der Waals surface area contributed by atoms with Crippen molar-refractivity contribution in [3.8, 4) is 11.1 Å². The van der Waals surface area contributed by atoms with Gasteiger partial charge in [0.2, 0.25) is 5.95 Å². The molecule has 0 amide bonds. The summed E-state index contributed by atoms with van der Waals surface area (Å²) in [6.07, 6.45) is 2.31. The van der Waals surface area contributed by atoms with E-state index in [1.54, 1.807) is 18.3 Å². The van der Waals surface area contributed by atoms with Gasteiger partial charge in [0, 0.05) is 34.8 Å². The van der Waals surface area contributed by atoms with Crippen LogP contribution in [0.5, 0.6) is 0 Å². The Morgan fingerprint density at radius 2 is 1.58 bits per heavy atom. The molecule has 0 aliphatic heterocycles. The molecule has 4 nitrogen and oxygen atoms in total. The van der Waals surface area contributed by atoms with Crippen molar-refractivity contribution >= 4 is 33.3 Å². The summed E-state index contributed by atoms with van der Waals surface area (Å²) >= 11 is 0. The molecule has 0 atom stereocenters. The van der Waals surface area contributed by atoms with Gasteiger partial charge in [-0.15, -0.1) is 0 Å². The molecular formula is C26H20FN3O. The van der Waals surface area contributed by atoms with Gasteiger partial charge in [0.15, 0.2) is 0 Å². The van der Waals surface area contributed by atoms with Crippen molar-refractivity contribution < 1.29 is 9.50 Å². The molecule has 1 aromatic heterocycles. The first-order chi connectivity index (χ1) is 15.2. The van der Waals surface area contributed by atoms with Gasteiger partial charge in [0.25, 0.3) is 0 Å². The van der Waals surface area contributed by atoms with Crippen LogP contribution < -0.4 is 5.32 Å². The maximum atomic E-state index is 14.6. The normalized spacial score (nSPS) is 11.2. The van der Waals surface area contributed by atoms with Gasteiger partial charge in [0.1, 0.15) is 5.82 Å². The molecule has 5 rings (SSSR count). The van der Waals surface area contributed by atoms with Gasteiger partial charge >= 0.3 is 0 Å². The highest BCUT2D eigenvalue weighted by Gasteiger charge is 2.13. The quantitative estimate of drug-likeness (QED) is 0.357. The van der Waals surface area contributed by atoms with Crippen LogP contribution in [-0.4, -0.2) is 21.7 Å². The average molecular weight is 409 g/mol. The van der Waals surface area contributed by atoms with Gasteiger partial charge in [-0.1, -0.05) is 60.7 Å². The molecule has 4 aromatic carbocycles. The first-order valence-electron chi connectivity index (χ1n) is 10.1. The Kier molecular flexibility index (Phi) is 5.02. The average Bonchev–Trinajstić information content (AvgIpc) is 2.81. The number of nitrogens with one attached hydrogen (secondary N) is 1. The number of para-hydroxylation sites is 1. The molecule has 0 fully saturated rings. The third-order valence-electron chi connectivity index (χ3n) is 5.40. The number of benzene rings is 4. The number of aliphatic hydroxyl groups is 1. The van der Waals surface area contributed by atoms with E-state index < -0.39 is 0 Å². The van der Waals surface area contributed by atoms with Crippen LogP contribution in [0.4, 0.5) is 16.0 Å². The topological polar surface area (TPSA) is 58.0 Å². The minimum Gasteiger partial charge on any atom is -0.396 e. The van der Waals surface area contributed by atoms with Gasteiger partial charge in [-0.05, 0) is 41.1 Å². The Morgan fingerprint density at radius 1 is 0.839 bits per heavy atom. The standard InChI is InChI=1S/C26H20FN3O/c27-23-11-5-4-9-20(23)22-15-18-16-28-26(29-24-12-6-1-7-17(24)13-14-31)30-25(18)21-10-3-2-8-19(21)22/h1-12,15-16,31H,13-14H2,(H,28,29,30). The van der Waals surface area contributed by atoms with E-state index in [2.05, 4.69) is 10.3 Å². The van der Waals surface area contributed by atoms with E-state index in [0.717, 1.165) is 38.5 Å². The van der Waals surface area contributed by atoms with Gasteiger partial charge in [-0.3, -0.25) is 0 Å². The summed E-state index contributed by atoms with van der Waals surface area (Å²) in [5.41, 5.74) is 4.03. The molecule has 0 radical (unpaired) electrons. The molecule has 5 aromatic rings. The van der Waals surface area contributed by atoms with Crippen molar-refractivity contribution in [3.05, 3.63) is 96.4 Å². The molecule has 0 aliphatic carbocycles. The summed E-state index contributed by atoms with van der Waals surface area (Å²) in [6, 6.07) is 24.4. The molecule has 5 heteroatoms. The largest absolute Gasteiger partial charge is 0.396 e. The minimum atomic E-state index is -0.258. The lowest BCUT2D eigenvalue weighted by molar-refractivity contribution is 0.300. The van der Waals surface area contributed by atoms with Gasteiger partial charge in [-0.2, -0.15) is 0 Å². The fourth-order valence-corrected chi connectivity index (χ4v) is 3.93. The second-order valence-corrected chi connectivity index (χ2v) is 7.34. The number of aliphatic hydroxyl groups excluding tert-OH is 1. The Morgan fingerprint density at radius 3 is 2.42 bits per heavy atom. The van der Waals surface area contributed by atoms with Crippen LogP contribution in [-0.2, 0) is 6.42 Å². The zero-order chi connectivity index (χ0) is 21.2. The summed E-state index contributed by atoms with van der Waals surface area (Å²) in [6.45, 7) is 0.0702. The zero-order valence-electron chi connectivity index (χ0n) is 16.7. The number of hydrogen-bond donors (Lipinski definition) is 2. The number of anilines is 2. The summed E-state index contributed by atoms with van der Waals surface area (Å²) in [5, 5.41) is 15.3. The smallest absolute Gasteiger partial charge is 0.227 e. The van der Waals surface area contributed by atoms with E-state index in [1.165, 1.54) is 6.07 Å². The highest BCUT2D eigenvalue weighted by molar-refractivity contribution is 6.12. The minimum absolute atomic E-state index is 0.0702. The molecule has 0 saturated carbocycles. The molecule has 31 heavy (non-hydrogen) atoms. The van der Waals surface area contributed by atoms with Crippen LogP contribution in [0.1, 0.15) is 5.56 Å². The monoisotopic (exact) mass is 409 g/mol. The second kappa shape index (κ2) is 8.13. The van der Waals surface area contributed by atoms with Crippen LogP contribution in [0.15, 0.2) is 85.1 Å². The van der Waals surface area contributed by atoms with Crippen LogP contribution in [0.2, 0.25) is 0 Å². The molecule has 152 valence electrons. The lowest BCUT2D eigenvalue weighted by atomic mass is 9.95. The van der Waals surface area contributed by atoms with Gasteiger partial charge in [-0.25, -0.2) is 14.4 Å². The van der Waals surface area contributed by atoms with Crippen molar-refractivity contribution in [2.24, 2.45) is 0 Å². The highest BCUT2D eigenvalue weighted by Crippen LogP contribution is 2.35. The van der Waals surface area contributed by atoms with E-state index >= 15 is 0 Å². The fraction of sp³-hybridized carbons (Fsp3) is 0.0769. The number of fused-ring (bicyclic) bond motifs is 3. The van der Waals surface area contributed by atoms with Crippen molar-refractivity contribution in [3.63, 3.8) is 0 Å². The third kappa shape index (κ3) is 3.60. The lowest BCUT2D eigenvalue weighted by Gasteiger charge is -2.13. The zero-order valence-corrected chi connectivity index (χ0v) is 16.7. The number of hydrogen-bond acceptors (Lipinski definition) is 4. The van der Waals surface area contributed by atoms with Gasteiger partial charge < -0.3 is 10.4 Å². The van der Waals surface area contributed by atoms with Crippen LogP contribution >= 0.6 is 0 Å². The van der Waals surface area contributed by atoms with E-state index in [-0.39, 0.29) is 12.4 Å². The summed E-state index contributed by atoms with van der Waals surface area (Å²) in [4.78, 5) is 9.27. The first kappa shape index (κ1) is 19.2. The maximum Gasteiger partial charge on any atom is 0.227 e. The maximum absolute atomic E-state index is 14.6. The fourth-order valence-electron chi connectivity index (χ4n) is 3.93. The van der Waals surface area contributed by atoms with Crippen molar-refractivity contribution in [1.82, 2.24) is 9.97 Å². The Balaban J connectivity index is 1.66. The van der Waals surface area contributed by atoms with Gasteiger partial charge in [0.05, 0.1) is 5.52 Å². The van der Waals surface area contributed by atoms with Crippen LogP contribution in [0, 0.1) is 5.82 Å². The molecule has 2 N–H and O–H groups in total. The number of aromatic nitrogens is 2. The number of rotatable bonds is 5. The summed E-state index contributed by atoms with van der Waals surface area (Å²) in [7, 11) is 0. The summed E-state index contributed by atoms with van der Waals surface area (Å²) < 4.78 is 14.6. The third-order valence-corrected chi connectivity index (χ3v) is 5.40. The molecule has 0 saturated heterocycles. The van der Waals surface area contributed by atoms with Crippen molar-refractivity contribution in [2.45, 2.75) is 6.42 Å². The molecule has 0 aliphatic rings. The molecule has 0 unspecified atom stereocenters. The predicted molar refractivity (Wildman–Crippen MR) is 123 cm³/mol. The Hall–Kier alpha value is -3.83. The van der Waals surface area contributed by atoms with Crippen molar-refractivity contribution in [2.75, 3.05) is 11.9 Å². The Labute approximate surface area is 179 Å². The number of nitrogens with zero attached hydrogens (tertiary/aromatic N) is 2. The van der Waals surface area contributed by atoms with E-state index in [0.29, 0.717) is 17.9 Å². The Bertz CT molecular complexity index is 1400. The van der Waals surface area contributed by atoms with E-state index in [9.17, 15) is 9.50 Å². The molecule has 1 heterocycles. The highest BCUT2D eigenvalue weighted by atomic mass is 19.1. The van der Waals surface area contributed by atoms with Crippen LogP contribution in [0.3, 0.4) is 0 Å². The predicted octanol–water partition coefficient (Wildman–Crippen LogP) is 5.87. The second-order valence-electron chi connectivity index (χ2n) is 7.34. The molecule has 0 bridgehead atoms. The van der Waals surface area contributed by atoms with Crippen LogP contribution in [0.25, 0.3) is 32.8 Å². The number of halogens is 1. The van der Waals surface area contributed by atoms with E-state index in [1.807, 2.05) is 60.7 Å². The van der Waals surface area contributed by atoms with E-state index in [4.69, 9.17) is 4.98 Å². The summed E-state index contributed by atoms with van der Waals surface area (Å²) in [5.74, 6) is 0.216. The first-order valence-corrected chi connectivity index (χ1v) is 10.1. The van der Waals surface area contributed by atoms with Crippen molar-refractivity contribution in [1.29, 1.82) is 0 Å². The SMILES string of the molecule is OCCc1ccccc1Nc1ncc2cc(-c3ccccc3F)c3ccccc3c2n1. The lowest BCUT2D eigenvalue weighted by Crippen LogP contribution is -2.02. The molecular weight excluding hydrogens is 389 g/mol.